The van der Waals surface area contributed by atoms with Crippen LogP contribution in [0.2, 0.25) is 0 Å². The number of nitrogens with two attached hydrogens (primary N) is 1. The molecule has 0 aliphatic carbocycles. The Kier molecular flexibility index (Phi) is 4.93. The number of benzene rings is 1. The summed E-state index contributed by atoms with van der Waals surface area (Å²) in [5.41, 5.74) is 6.75. The highest BCUT2D eigenvalue weighted by atomic mass is 32.2. The Bertz CT molecular complexity index is 504. The quantitative estimate of drug-likeness (QED) is 0.488. The largest absolute Gasteiger partial charge is 0.398 e. The fraction of sp³-hybridized carbons (Fsp3) is 0.385. The Balaban J connectivity index is 3.02. The summed E-state index contributed by atoms with van der Waals surface area (Å²) in [6.45, 7) is 5.83. The SMILES string of the molecule is C=CCCCN(C)S(=O)(=O)c1c(C)cccc1N. The minimum Gasteiger partial charge on any atom is -0.398 e. The molecule has 0 amide bonds. The number of unbranched alkanes of at least 4 members (excludes halogenated alkanes) is 1. The van der Waals surface area contributed by atoms with Crippen LogP contribution in [0.1, 0.15) is 18.4 Å². The molecule has 5 heteroatoms. The van der Waals surface area contributed by atoms with Gasteiger partial charge in [0, 0.05) is 13.6 Å². The number of hydrogen-bond donors (Lipinski definition) is 1. The van der Waals surface area contributed by atoms with Crippen LogP contribution in [0.15, 0.2) is 35.7 Å². The van der Waals surface area contributed by atoms with Gasteiger partial charge in [0.05, 0.1) is 5.69 Å². The molecule has 0 saturated carbocycles. The molecule has 0 bridgehead atoms. The van der Waals surface area contributed by atoms with E-state index in [1.54, 1.807) is 38.2 Å². The third-order valence-corrected chi connectivity index (χ3v) is 4.87. The van der Waals surface area contributed by atoms with Gasteiger partial charge in [-0.1, -0.05) is 18.2 Å². The second kappa shape index (κ2) is 6.02. The number of rotatable bonds is 6. The molecule has 0 unspecified atom stereocenters. The Hall–Kier alpha value is -1.33. The van der Waals surface area contributed by atoms with E-state index in [0.717, 1.165) is 12.8 Å². The fourth-order valence-corrected chi connectivity index (χ4v) is 3.28. The summed E-state index contributed by atoms with van der Waals surface area (Å²) < 4.78 is 26.1. The molecule has 0 aromatic heterocycles. The Morgan fingerprint density at radius 2 is 2.11 bits per heavy atom. The van der Waals surface area contributed by atoms with Gasteiger partial charge in [-0.25, -0.2) is 12.7 Å². The first-order valence-corrected chi connectivity index (χ1v) is 7.27. The van der Waals surface area contributed by atoms with Crippen LogP contribution >= 0.6 is 0 Å². The third-order valence-electron chi connectivity index (χ3n) is 2.79. The van der Waals surface area contributed by atoms with Crippen molar-refractivity contribution in [2.24, 2.45) is 0 Å². The maximum Gasteiger partial charge on any atom is 0.245 e. The lowest BCUT2D eigenvalue weighted by molar-refractivity contribution is 0.462. The first kappa shape index (κ1) is 14.7. The van der Waals surface area contributed by atoms with Crippen LogP contribution in [0.5, 0.6) is 0 Å². The first-order chi connectivity index (χ1) is 8.41. The highest BCUT2D eigenvalue weighted by Gasteiger charge is 2.24. The zero-order valence-electron chi connectivity index (χ0n) is 10.9. The Morgan fingerprint density at radius 3 is 2.67 bits per heavy atom. The normalized spacial score (nSPS) is 11.7. The zero-order chi connectivity index (χ0) is 13.8. The summed E-state index contributed by atoms with van der Waals surface area (Å²) in [6, 6.07) is 5.11. The molecule has 18 heavy (non-hydrogen) atoms. The van der Waals surface area contributed by atoms with E-state index in [1.807, 2.05) is 0 Å². The number of aryl methyl sites for hydroxylation is 1. The number of hydrogen-bond acceptors (Lipinski definition) is 3. The molecule has 0 saturated heterocycles. The molecule has 100 valence electrons. The van der Waals surface area contributed by atoms with Crippen LogP contribution < -0.4 is 5.73 Å². The summed E-state index contributed by atoms with van der Waals surface area (Å²) in [7, 11) is -1.93. The Morgan fingerprint density at radius 1 is 1.44 bits per heavy atom. The van der Waals surface area contributed by atoms with Gasteiger partial charge >= 0.3 is 0 Å². The number of allylic oxidation sites excluding steroid dienone is 1. The first-order valence-electron chi connectivity index (χ1n) is 5.83. The van der Waals surface area contributed by atoms with E-state index in [1.165, 1.54) is 4.31 Å². The van der Waals surface area contributed by atoms with Gasteiger partial charge in [0.25, 0.3) is 0 Å². The van der Waals surface area contributed by atoms with Gasteiger partial charge in [-0.15, -0.1) is 6.58 Å². The molecule has 0 aliphatic heterocycles. The van der Waals surface area contributed by atoms with Gasteiger partial charge in [0.15, 0.2) is 0 Å². The number of anilines is 1. The maximum absolute atomic E-state index is 12.4. The van der Waals surface area contributed by atoms with Crippen molar-refractivity contribution < 1.29 is 8.42 Å². The van der Waals surface area contributed by atoms with Crippen LogP contribution in [-0.4, -0.2) is 26.3 Å². The lowest BCUT2D eigenvalue weighted by Crippen LogP contribution is -2.29. The predicted octanol–water partition coefficient (Wildman–Crippen LogP) is 2.16. The molecular weight excluding hydrogens is 248 g/mol. The second-order valence-corrected chi connectivity index (χ2v) is 6.23. The van der Waals surface area contributed by atoms with Gasteiger partial charge in [-0.05, 0) is 31.4 Å². The van der Waals surface area contributed by atoms with E-state index in [4.69, 9.17) is 5.73 Å². The molecule has 0 aliphatic rings. The number of nitrogens with zero attached hydrogens (tertiary/aromatic N) is 1. The van der Waals surface area contributed by atoms with E-state index in [-0.39, 0.29) is 4.90 Å². The fourth-order valence-electron chi connectivity index (χ4n) is 1.76. The molecule has 1 aromatic rings. The van der Waals surface area contributed by atoms with Gasteiger partial charge < -0.3 is 5.73 Å². The molecule has 0 fully saturated rings. The highest BCUT2D eigenvalue weighted by Crippen LogP contribution is 2.25. The van der Waals surface area contributed by atoms with Crippen molar-refractivity contribution in [3.8, 4) is 0 Å². The maximum atomic E-state index is 12.4. The minimum atomic E-state index is -3.51. The average Bonchev–Trinajstić information content (AvgIpc) is 2.28. The van der Waals surface area contributed by atoms with Crippen LogP contribution in [0.25, 0.3) is 0 Å². The summed E-state index contributed by atoms with van der Waals surface area (Å²) >= 11 is 0. The van der Waals surface area contributed by atoms with Crippen molar-refractivity contribution in [2.75, 3.05) is 19.3 Å². The Labute approximate surface area is 109 Å². The molecule has 0 atom stereocenters. The van der Waals surface area contributed by atoms with Crippen LogP contribution in [0.3, 0.4) is 0 Å². The number of nitrogen functional groups attached to an aromatic ring is 1. The van der Waals surface area contributed by atoms with Gasteiger partial charge in [0.1, 0.15) is 4.90 Å². The summed E-state index contributed by atoms with van der Waals surface area (Å²) in [4.78, 5) is 0.214. The molecule has 1 rings (SSSR count). The number of sulfonamides is 1. The van der Waals surface area contributed by atoms with Crippen molar-refractivity contribution in [2.45, 2.75) is 24.7 Å². The lowest BCUT2D eigenvalue weighted by Gasteiger charge is -2.19. The van der Waals surface area contributed by atoms with Crippen molar-refractivity contribution >= 4 is 15.7 Å². The molecule has 0 heterocycles. The monoisotopic (exact) mass is 268 g/mol. The second-order valence-electron chi connectivity index (χ2n) is 4.25. The van der Waals surface area contributed by atoms with Crippen molar-refractivity contribution in [1.29, 1.82) is 0 Å². The smallest absolute Gasteiger partial charge is 0.245 e. The average molecular weight is 268 g/mol. The van der Waals surface area contributed by atoms with Crippen LogP contribution in [0.4, 0.5) is 5.69 Å². The zero-order valence-corrected chi connectivity index (χ0v) is 11.7. The third kappa shape index (κ3) is 3.11. The summed E-state index contributed by atoms with van der Waals surface area (Å²) in [6.07, 6.45) is 3.33. The van der Waals surface area contributed by atoms with E-state index >= 15 is 0 Å². The summed E-state index contributed by atoms with van der Waals surface area (Å²) in [5.74, 6) is 0. The van der Waals surface area contributed by atoms with Gasteiger partial charge in [0.2, 0.25) is 10.0 Å². The van der Waals surface area contributed by atoms with E-state index < -0.39 is 10.0 Å². The van der Waals surface area contributed by atoms with Crippen LogP contribution in [-0.2, 0) is 10.0 Å². The molecule has 0 spiro atoms. The summed E-state index contributed by atoms with van der Waals surface area (Å²) in [5, 5.41) is 0. The predicted molar refractivity (Wildman–Crippen MR) is 74.8 cm³/mol. The van der Waals surface area contributed by atoms with E-state index in [9.17, 15) is 8.42 Å². The molecule has 0 radical (unpaired) electrons. The lowest BCUT2D eigenvalue weighted by atomic mass is 10.2. The highest BCUT2D eigenvalue weighted by molar-refractivity contribution is 7.89. The molecule has 1 aromatic carbocycles. The minimum absolute atomic E-state index is 0.214. The topological polar surface area (TPSA) is 63.4 Å². The van der Waals surface area contributed by atoms with Crippen molar-refractivity contribution in [1.82, 2.24) is 4.31 Å². The van der Waals surface area contributed by atoms with Crippen molar-refractivity contribution in [3.63, 3.8) is 0 Å². The molecule has 2 N–H and O–H groups in total. The van der Waals surface area contributed by atoms with Gasteiger partial charge in [-0.3, -0.25) is 0 Å². The standard InChI is InChI=1S/C13H20N2O2S/c1-4-5-6-10-15(3)18(16,17)13-11(2)8-7-9-12(13)14/h4,7-9H,1,5-6,10,14H2,2-3H3. The van der Waals surface area contributed by atoms with Crippen molar-refractivity contribution in [3.05, 3.63) is 36.4 Å². The van der Waals surface area contributed by atoms with Gasteiger partial charge in [-0.2, -0.15) is 0 Å². The molecule has 4 nitrogen and oxygen atoms in total. The van der Waals surface area contributed by atoms with Crippen LogP contribution in [0, 0.1) is 6.92 Å². The molecular formula is C13H20N2O2S. The van der Waals surface area contributed by atoms with E-state index in [0.29, 0.717) is 17.8 Å². The van der Waals surface area contributed by atoms with E-state index in [2.05, 4.69) is 6.58 Å².